The fraction of sp³-hybridized carbons (Fsp3) is 0.310. The number of aromatic nitrogens is 2. The molecule has 37 heavy (non-hydrogen) atoms. The lowest BCUT2D eigenvalue weighted by molar-refractivity contribution is 0.0890. The Bertz CT molecular complexity index is 1350. The van der Waals surface area contributed by atoms with E-state index in [0.717, 1.165) is 22.3 Å². The fourth-order valence-electron chi connectivity index (χ4n) is 4.12. The van der Waals surface area contributed by atoms with Crippen LogP contribution >= 0.6 is 0 Å². The molecule has 194 valence electrons. The largest absolute Gasteiger partial charge is 0.506 e. The number of fused-ring (bicyclic) bond motifs is 1. The number of aliphatic hydroxyl groups excluding tert-OH is 1. The number of phenolic OH excluding ortho intramolecular Hbond substituents is 1. The van der Waals surface area contributed by atoms with Gasteiger partial charge in [0.05, 0.1) is 29.9 Å². The van der Waals surface area contributed by atoms with Crippen LogP contribution in [0.25, 0.3) is 11.0 Å². The van der Waals surface area contributed by atoms with Crippen molar-refractivity contribution >= 4 is 22.6 Å². The third kappa shape index (κ3) is 6.67. The van der Waals surface area contributed by atoms with Crippen molar-refractivity contribution in [3.63, 3.8) is 0 Å². The highest BCUT2D eigenvalue weighted by Crippen LogP contribution is 2.28. The van der Waals surface area contributed by atoms with E-state index < -0.39 is 6.10 Å². The normalized spacial score (nSPS) is 12.4. The number of hydrogen-bond donors (Lipinski definition) is 4. The van der Waals surface area contributed by atoms with Gasteiger partial charge in [0.15, 0.2) is 0 Å². The first kappa shape index (κ1) is 26.2. The van der Waals surface area contributed by atoms with Crippen molar-refractivity contribution in [2.75, 3.05) is 19.0 Å². The fourth-order valence-corrected chi connectivity index (χ4v) is 4.12. The molecule has 0 bridgehead atoms. The van der Waals surface area contributed by atoms with E-state index in [1.165, 1.54) is 0 Å². The molecule has 1 unspecified atom stereocenters. The lowest BCUT2D eigenvalue weighted by Gasteiger charge is -2.28. The summed E-state index contributed by atoms with van der Waals surface area (Å²) < 4.78 is 6.78. The molecule has 0 aliphatic rings. The maximum atomic E-state index is 12.8. The van der Waals surface area contributed by atoms with Crippen molar-refractivity contribution in [2.24, 2.45) is 0 Å². The van der Waals surface area contributed by atoms with Gasteiger partial charge in [0.1, 0.15) is 17.8 Å². The highest BCUT2D eigenvalue weighted by molar-refractivity contribution is 5.90. The molecule has 1 atom stereocenters. The molecule has 1 heterocycles. The van der Waals surface area contributed by atoms with Crippen molar-refractivity contribution in [1.82, 2.24) is 14.9 Å². The Kier molecular flexibility index (Phi) is 8.11. The first-order valence-electron chi connectivity index (χ1n) is 12.3. The number of anilines is 1. The van der Waals surface area contributed by atoms with Gasteiger partial charge in [-0.2, -0.15) is 0 Å². The van der Waals surface area contributed by atoms with E-state index in [9.17, 15) is 15.0 Å². The average Bonchev–Trinajstić information content (AvgIpc) is 3.35. The van der Waals surface area contributed by atoms with Gasteiger partial charge in [-0.05, 0) is 67.8 Å². The van der Waals surface area contributed by atoms with Crippen LogP contribution in [0.1, 0.15) is 48.7 Å². The summed E-state index contributed by atoms with van der Waals surface area (Å²) in [6.45, 7) is 4.84. The molecule has 0 saturated heterocycles. The number of imidazole rings is 1. The highest BCUT2D eigenvalue weighted by Gasteiger charge is 2.22. The number of carbonyl (C=O) groups excluding carboxylic acids is 1. The number of carbonyl (C=O) groups is 1. The van der Waals surface area contributed by atoms with E-state index in [0.29, 0.717) is 37.2 Å². The van der Waals surface area contributed by atoms with Crippen molar-refractivity contribution in [2.45, 2.75) is 44.9 Å². The highest BCUT2D eigenvalue weighted by atomic mass is 16.5. The number of rotatable bonds is 11. The van der Waals surface area contributed by atoms with Crippen LogP contribution in [0.4, 0.5) is 5.69 Å². The van der Waals surface area contributed by atoms with E-state index in [-0.39, 0.29) is 17.2 Å². The predicted octanol–water partition coefficient (Wildman–Crippen LogP) is 4.88. The smallest absolute Gasteiger partial charge is 0.232 e. The van der Waals surface area contributed by atoms with Crippen LogP contribution in [-0.2, 0) is 6.54 Å². The minimum absolute atomic E-state index is 0.0183. The summed E-state index contributed by atoms with van der Waals surface area (Å²) in [6, 6.07) is 20.3. The molecule has 0 radical (unpaired) electrons. The maximum absolute atomic E-state index is 12.8. The third-order valence-electron chi connectivity index (χ3n) is 6.51. The van der Waals surface area contributed by atoms with E-state index in [4.69, 9.17) is 4.74 Å². The molecule has 0 saturated carbocycles. The second-order valence-corrected chi connectivity index (χ2v) is 9.76. The number of aromatic hydroxyl groups is 1. The summed E-state index contributed by atoms with van der Waals surface area (Å²) in [5.74, 6) is 0.880. The van der Waals surface area contributed by atoms with Gasteiger partial charge in [-0.3, -0.25) is 9.36 Å². The zero-order chi connectivity index (χ0) is 26.4. The molecule has 0 aliphatic carbocycles. The molecule has 4 aromatic rings. The number of ether oxygens (including phenoxy) is 1. The molecule has 0 spiro atoms. The molecule has 0 aliphatic heterocycles. The monoisotopic (exact) mass is 502 g/mol. The Labute approximate surface area is 216 Å². The van der Waals surface area contributed by atoms with Gasteiger partial charge < -0.3 is 25.6 Å². The Hall–Kier alpha value is -3.88. The van der Waals surface area contributed by atoms with Gasteiger partial charge in [0.25, 0.3) is 0 Å². The second-order valence-electron chi connectivity index (χ2n) is 9.76. The number of nitrogens with zero attached hydrogens (tertiary/aromatic N) is 2. The van der Waals surface area contributed by atoms with Crippen LogP contribution in [0.3, 0.4) is 0 Å². The Morgan fingerprint density at radius 2 is 1.86 bits per heavy atom. The second kappa shape index (κ2) is 11.5. The number of phenols is 1. The number of methoxy groups -OCH3 is 1. The van der Waals surface area contributed by atoms with E-state index in [2.05, 4.69) is 15.6 Å². The summed E-state index contributed by atoms with van der Waals surface area (Å²) in [6.07, 6.45) is 1.72. The minimum Gasteiger partial charge on any atom is -0.506 e. The van der Waals surface area contributed by atoms with Crippen molar-refractivity contribution in [1.29, 1.82) is 0 Å². The Morgan fingerprint density at radius 3 is 2.62 bits per heavy atom. The summed E-state index contributed by atoms with van der Waals surface area (Å²) in [5.41, 5.74) is 3.48. The van der Waals surface area contributed by atoms with Gasteiger partial charge >= 0.3 is 0 Å². The molecule has 8 heteroatoms. The molecular weight excluding hydrogens is 468 g/mol. The Morgan fingerprint density at radius 1 is 1.11 bits per heavy atom. The van der Waals surface area contributed by atoms with Gasteiger partial charge in [-0.15, -0.1) is 0 Å². The molecule has 4 N–H and O–H groups in total. The van der Waals surface area contributed by atoms with Crippen molar-refractivity contribution in [3.05, 3.63) is 84.2 Å². The number of benzene rings is 3. The number of aliphatic hydroxyl groups is 1. The molecule has 0 amide bonds. The lowest BCUT2D eigenvalue weighted by atomic mass is 9.97. The van der Waals surface area contributed by atoms with Crippen LogP contribution < -0.4 is 15.4 Å². The first-order valence-corrected chi connectivity index (χ1v) is 12.3. The van der Waals surface area contributed by atoms with Gasteiger partial charge in [-0.1, -0.05) is 30.3 Å². The third-order valence-corrected chi connectivity index (χ3v) is 6.51. The van der Waals surface area contributed by atoms with E-state index >= 15 is 0 Å². The molecule has 1 aromatic heterocycles. The predicted molar refractivity (Wildman–Crippen MR) is 145 cm³/mol. The van der Waals surface area contributed by atoms with Crippen LogP contribution in [-0.4, -0.2) is 44.9 Å². The van der Waals surface area contributed by atoms with Gasteiger partial charge in [-0.25, -0.2) is 4.98 Å². The Balaban J connectivity index is 1.30. The van der Waals surface area contributed by atoms with Crippen LogP contribution in [0.5, 0.6) is 11.5 Å². The number of nitrogens with one attached hydrogen (secondary N) is 2. The first-order chi connectivity index (χ1) is 17.8. The van der Waals surface area contributed by atoms with Crippen LogP contribution in [0, 0.1) is 0 Å². The summed E-state index contributed by atoms with van der Waals surface area (Å²) in [4.78, 5) is 17.1. The van der Waals surface area contributed by atoms with Gasteiger partial charge in [0, 0.05) is 25.0 Å². The standard InChI is InChI=1S/C29H34N4O4/c1-29(2,15-14-28(36)33-19-31-23-6-4-5-7-25(23)33)32-18-27(35)21-10-13-26(34)24(16-21)30-17-20-8-11-22(37-3)12-9-20/h4-13,16,19,27,30,32,34-35H,14-15,17-18H2,1-3H3. The maximum Gasteiger partial charge on any atom is 0.232 e. The summed E-state index contributed by atoms with van der Waals surface area (Å²) >= 11 is 0. The van der Waals surface area contributed by atoms with Crippen molar-refractivity contribution in [3.8, 4) is 11.5 Å². The summed E-state index contributed by atoms with van der Waals surface area (Å²) in [5, 5.41) is 27.7. The molecule has 4 rings (SSSR count). The number of hydrogen-bond acceptors (Lipinski definition) is 7. The number of para-hydroxylation sites is 2. The average molecular weight is 503 g/mol. The van der Waals surface area contributed by atoms with Crippen LogP contribution in [0.2, 0.25) is 0 Å². The molecule has 8 nitrogen and oxygen atoms in total. The molecule has 3 aromatic carbocycles. The molecule has 0 fully saturated rings. The zero-order valence-corrected chi connectivity index (χ0v) is 21.4. The van der Waals surface area contributed by atoms with E-state index in [1.807, 2.05) is 62.4 Å². The quantitative estimate of drug-likeness (QED) is 0.216. The lowest BCUT2D eigenvalue weighted by Crippen LogP contribution is -2.42. The van der Waals surface area contributed by atoms with E-state index in [1.54, 1.807) is 36.2 Å². The molecular formula is C29H34N4O4. The zero-order valence-electron chi connectivity index (χ0n) is 21.4. The SMILES string of the molecule is COc1ccc(CNc2cc(C(O)CNC(C)(C)CCC(=O)n3cnc4ccccc43)ccc2O)cc1. The topological polar surface area (TPSA) is 109 Å². The number of β-amino-alcohol motifs (C(OH)–C–C–N with tert-alkyl or cyclic N) is 1. The van der Waals surface area contributed by atoms with Crippen LogP contribution in [0.15, 0.2) is 73.1 Å². The minimum atomic E-state index is -0.783. The van der Waals surface area contributed by atoms with Gasteiger partial charge in [0.2, 0.25) is 5.91 Å². The summed E-state index contributed by atoms with van der Waals surface area (Å²) in [7, 11) is 1.63. The van der Waals surface area contributed by atoms with Crippen molar-refractivity contribution < 1.29 is 19.7 Å².